The molecule has 0 radical (unpaired) electrons. The van der Waals surface area contributed by atoms with Crippen molar-refractivity contribution in [1.82, 2.24) is 5.32 Å². The van der Waals surface area contributed by atoms with Crippen LogP contribution in [0.4, 0.5) is 5.69 Å². The van der Waals surface area contributed by atoms with Crippen molar-refractivity contribution in [3.8, 4) is 0 Å². The molecule has 0 heterocycles. The molecule has 0 atom stereocenters. The van der Waals surface area contributed by atoms with E-state index in [1.54, 1.807) is 31.4 Å². The third-order valence-corrected chi connectivity index (χ3v) is 3.39. The number of para-hydroxylation sites is 1. The molecule has 0 aromatic heterocycles. The van der Waals surface area contributed by atoms with E-state index in [-0.39, 0.29) is 11.8 Å². The predicted molar refractivity (Wildman–Crippen MR) is 89.8 cm³/mol. The molecule has 23 heavy (non-hydrogen) atoms. The van der Waals surface area contributed by atoms with Crippen molar-refractivity contribution in [3.63, 3.8) is 0 Å². The first-order chi connectivity index (χ1) is 11.1. The standard InChI is InChI=1S/C18H20N2O3/c1-13-5-3-4-6-16(13)20-18(22)15-9-7-14(8-10-15)17(21)19-11-12-23-2/h3-10H,11-12H2,1-2H3,(H,19,21)(H,20,22). The van der Waals surface area contributed by atoms with Gasteiger partial charge in [0.2, 0.25) is 0 Å². The SMILES string of the molecule is COCCNC(=O)c1ccc(C(=O)Nc2ccccc2C)cc1. The molecule has 0 spiro atoms. The lowest BCUT2D eigenvalue weighted by Gasteiger charge is -2.09. The zero-order valence-electron chi connectivity index (χ0n) is 13.3. The quantitative estimate of drug-likeness (QED) is 0.806. The van der Waals surface area contributed by atoms with Crippen molar-refractivity contribution in [2.75, 3.05) is 25.6 Å². The minimum atomic E-state index is -0.203. The fourth-order valence-electron chi connectivity index (χ4n) is 2.05. The minimum absolute atomic E-state index is 0.187. The highest BCUT2D eigenvalue weighted by molar-refractivity contribution is 6.05. The fourth-order valence-corrected chi connectivity index (χ4v) is 2.05. The van der Waals surface area contributed by atoms with Crippen LogP contribution in [0.25, 0.3) is 0 Å². The Bertz CT molecular complexity index is 681. The van der Waals surface area contributed by atoms with Crippen LogP contribution in [0, 0.1) is 6.92 Å². The van der Waals surface area contributed by atoms with E-state index in [4.69, 9.17) is 4.74 Å². The van der Waals surface area contributed by atoms with Crippen LogP contribution in [0.1, 0.15) is 26.3 Å². The third-order valence-electron chi connectivity index (χ3n) is 3.39. The molecule has 5 heteroatoms. The number of hydrogen-bond donors (Lipinski definition) is 2. The lowest BCUT2D eigenvalue weighted by molar-refractivity contribution is 0.0935. The second-order valence-corrected chi connectivity index (χ2v) is 5.10. The van der Waals surface area contributed by atoms with Crippen LogP contribution in [-0.2, 0) is 4.74 Å². The lowest BCUT2D eigenvalue weighted by Crippen LogP contribution is -2.27. The third kappa shape index (κ3) is 4.66. The van der Waals surface area contributed by atoms with Gasteiger partial charge < -0.3 is 15.4 Å². The van der Waals surface area contributed by atoms with Crippen molar-refractivity contribution >= 4 is 17.5 Å². The second kappa shape index (κ2) is 8.10. The summed E-state index contributed by atoms with van der Waals surface area (Å²) >= 11 is 0. The molecule has 120 valence electrons. The highest BCUT2D eigenvalue weighted by Gasteiger charge is 2.09. The van der Waals surface area contributed by atoms with Crippen molar-refractivity contribution < 1.29 is 14.3 Å². The van der Waals surface area contributed by atoms with Crippen LogP contribution in [0.3, 0.4) is 0 Å². The highest BCUT2D eigenvalue weighted by atomic mass is 16.5. The summed E-state index contributed by atoms with van der Waals surface area (Å²) in [7, 11) is 1.58. The monoisotopic (exact) mass is 312 g/mol. The molecular formula is C18H20N2O3. The van der Waals surface area contributed by atoms with Gasteiger partial charge in [-0.2, -0.15) is 0 Å². The van der Waals surface area contributed by atoms with Crippen molar-refractivity contribution in [1.29, 1.82) is 0 Å². The van der Waals surface area contributed by atoms with Crippen molar-refractivity contribution in [2.45, 2.75) is 6.92 Å². The van der Waals surface area contributed by atoms with Gasteiger partial charge in [-0.15, -0.1) is 0 Å². The maximum atomic E-state index is 12.2. The van der Waals surface area contributed by atoms with E-state index in [0.29, 0.717) is 24.3 Å². The van der Waals surface area contributed by atoms with Crippen LogP contribution in [0.2, 0.25) is 0 Å². The predicted octanol–water partition coefficient (Wildman–Crippen LogP) is 2.62. The maximum Gasteiger partial charge on any atom is 0.255 e. The highest BCUT2D eigenvalue weighted by Crippen LogP contribution is 2.15. The topological polar surface area (TPSA) is 67.4 Å². The van der Waals surface area contributed by atoms with Gasteiger partial charge in [0.05, 0.1) is 6.61 Å². The van der Waals surface area contributed by atoms with E-state index in [1.807, 2.05) is 31.2 Å². The molecule has 0 unspecified atom stereocenters. The summed E-state index contributed by atoms with van der Waals surface area (Å²) in [5.74, 6) is -0.390. The average Bonchev–Trinajstić information content (AvgIpc) is 2.57. The molecule has 2 aromatic rings. The molecular weight excluding hydrogens is 292 g/mol. The number of amides is 2. The van der Waals surface area contributed by atoms with E-state index in [1.165, 1.54) is 0 Å². The van der Waals surface area contributed by atoms with Crippen LogP contribution >= 0.6 is 0 Å². The number of nitrogens with one attached hydrogen (secondary N) is 2. The van der Waals surface area contributed by atoms with E-state index in [9.17, 15) is 9.59 Å². The molecule has 2 aromatic carbocycles. The van der Waals surface area contributed by atoms with Crippen molar-refractivity contribution in [3.05, 3.63) is 65.2 Å². The Labute approximate surface area is 135 Å². The molecule has 0 aliphatic rings. The molecule has 2 amide bonds. The Balaban J connectivity index is 2.00. The molecule has 5 nitrogen and oxygen atoms in total. The van der Waals surface area contributed by atoms with E-state index < -0.39 is 0 Å². The molecule has 0 fully saturated rings. The molecule has 2 N–H and O–H groups in total. The first-order valence-electron chi connectivity index (χ1n) is 7.36. The zero-order valence-corrected chi connectivity index (χ0v) is 13.3. The van der Waals surface area contributed by atoms with Gasteiger partial charge in [0.1, 0.15) is 0 Å². The first-order valence-corrected chi connectivity index (χ1v) is 7.36. The lowest BCUT2D eigenvalue weighted by atomic mass is 10.1. The second-order valence-electron chi connectivity index (χ2n) is 5.10. The van der Waals surface area contributed by atoms with Crippen LogP contribution < -0.4 is 10.6 Å². The largest absolute Gasteiger partial charge is 0.383 e. The van der Waals surface area contributed by atoms with Gasteiger partial charge >= 0.3 is 0 Å². The minimum Gasteiger partial charge on any atom is -0.383 e. The summed E-state index contributed by atoms with van der Waals surface area (Å²) in [4.78, 5) is 24.1. The van der Waals surface area contributed by atoms with E-state index in [0.717, 1.165) is 11.3 Å². The molecule has 0 bridgehead atoms. The average molecular weight is 312 g/mol. The molecule has 0 saturated heterocycles. The number of rotatable bonds is 6. The number of hydrogen-bond acceptors (Lipinski definition) is 3. The number of methoxy groups -OCH3 is 1. The first kappa shape index (κ1) is 16.7. The molecule has 0 saturated carbocycles. The van der Waals surface area contributed by atoms with Gasteiger partial charge in [0.15, 0.2) is 0 Å². The number of anilines is 1. The number of aryl methyl sites for hydroxylation is 1. The van der Waals surface area contributed by atoms with Gasteiger partial charge in [0.25, 0.3) is 11.8 Å². The Morgan fingerprint density at radius 3 is 2.17 bits per heavy atom. The fraction of sp³-hybridized carbons (Fsp3) is 0.222. The van der Waals surface area contributed by atoms with Crippen LogP contribution in [0.15, 0.2) is 48.5 Å². The Kier molecular flexibility index (Phi) is 5.88. The summed E-state index contributed by atoms with van der Waals surface area (Å²) in [6.07, 6.45) is 0. The number of benzene rings is 2. The molecule has 0 aliphatic carbocycles. The molecule has 2 rings (SSSR count). The smallest absolute Gasteiger partial charge is 0.255 e. The van der Waals surface area contributed by atoms with Gasteiger partial charge in [-0.1, -0.05) is 18.2 Å². The summed E-state index contributed by atoms with van der Waals surface area (Å²) in [6, 6.07) is 14.1. The van der Waals surface area contributed by atoms with Crippen molar-refractivity contribution in [2.24, 2.45) is 0 Å². The van der Waals surface area contributed by atoms with Crippen LogP contribution in [-0.4, -0.2) is 32.1 Å². The summed E-state index contributed by atoms with van der Waals surface area (Å²) in [6.45, 7) is 2.84. The van der Waals surface area contributed by atoms with E-state index >= 15 is 0 Å². The van der Waals surface area contributed by atoms with Gasteiger partial charge in [-0.25, -0.2) is 0 Å². The Morgan fingerprint density at radius 1 is 0.957 bits per heavy atom. The Morgan fingerprint density at radius 2 is 1.57 bits per heavy atom. The van der Waals surface area contributed by atoms with Crippen LogP contribution in [0.5, 0.6) is 0 Å². The number of ether oxygens (including phenoxy) is 1. The Hall–Kier alpha value is -2.66. The van der Waals surface area contributed by atoms with Gasteiger partial charge in [0, 0.05) is 30.5 Å². The maximum absolute atomic E-state index is 12.2. The zero-order chi connectivity index (χ0) is 16.7. The summed E-state index contributed by atoms with van der Waals surface area (Å²) < 4.78 is 4.88. The normalized spacial score (nSPS) is 10.2. The number of carbonyl (C=O) groups excluding carboxylic acids is 2. The van der Waals surface area contributed by atoms with Gasteiger partial charge in [-0.3, -0.25) is 9.59 Å². The van der Waals surface area contributed by atoms with Gasteiger partial charge in [-0.05, 0) is 42.8 Å². The summed E-state index contributed by atoms with van der Waals surface area (Å²) in [5.41, 5.74) is 2.78. The summed E-state index contributed by atoms with van der Waals surface area (Å²) in [5, 5.41) is 5.59. The molecule has 0 aliphatic heterocycles. The number of carbonyl (C=O) groups is 2. The van der Waals surface area contributed by atoms with E-state index in [2.05, 4.69) is 10.6 Å².